The molecule has 13 nitrogen and oxygen atoms in total. The van der Waals surface area contributed by atoms with Gasteiger partial charge in [0.25, 0.3) is 0 Å². The molecule has 0 unspecified atom stereocenters. The van der Waals surface area contributed by atoms with Crippen molar-refractivity contribution >= 4 is 183 Å². The number of nitrogens with zero attached hydrogens (tertiary/aromatic N) is 9. The van der Waals surface area contributed by atoms with Crippen molar-refractivity contribution in [1.82, 2.24) is 44.9 Å². The normalized spacial score (nSPS) is 11.8. The number of hydrogen-bond acceptors (Lipinski definition) is 15. The third kappa shape index (κ3) is 14.5. The van der Waals surface area contributed by atoms with Gasteiger partial charge in [0, 0.05) is 156 Å². The Morgan fingerprint density at radius 3 is 0.854 bits per heavy atom. The Bertz CT molecular complexity index is 10200. The summed E-state index contributed by atoms with van der Waals surface area (Å²) in [4.78, 5) is 45.5. The van der Waals surface area contributed by atoms with Crippen LogP contribution < -0.4 is 0 Å². The zero-order valence-electron chi connectivity index (χ0n) is 76.8. The number of aromatic nitrogens is 9. The molecule has 0 saturated carbocycles. The van der Waals surface area contributed by atoms with Crippen LogP contribution >= 0.6 is 22.7 Å². The van der Waals surface area contributed by atoms with Crippen molar-refractivity contribution in [2.45, 2.75) is 0 Å². The Hall–Kier alpha value is -18.9. The number of furan rings is 4. The van der Waals surface area contributed by atoms with Crippen LogP contribution in [-0.2, 0) is 0 Å². The summed E-state index contributed by atoms with van der Waals surface area (Å²) in [5.74, 6) is 5.54. The molecule has 0 radical (unpaired) electrons. The Labute approximate surface area is 830 Å². The predicted molar refractivity (Wildman–Crippen MR) is 592 cm³/mol. The molecule has 0 amide bonds. The van der Waals surface area contributed by atoms with Crippen molar-refractivity contribution in [3.63, 3.8) is 0 Å². The van der Waals surface area contributed by atoms with Gasteiger partial charge >= 0.3 is 0 Å². The van der Waals surface area contributed by atoms with Gasteiger partial charge < -0.3 is 17.7 Å². The van der Waals surface area contributed by atoms with Gasteiger partial charge in [-0.2, -0.15) is 0 Å². The molecule has 0 fully saturated rings. The lowest BCUT2D eigenvalue weighted by molar-refractivity contribution is 0.665. The minimum Gasteiger partial charge on any atom is -0.455 e. The fourth-order valence-corrected chi connectivity index (χ4v) is 22.8. The van der Waals surface area contributed by atoms with Gasteiger partial charge in [0.1, 0.15) is 44.7 Å². The maximum Gasteiger partial charge on any atom is 0.164 e. The summed E-state index contributed by atoms with van der Waals surface area (Å²) in [7, 11) is 0. The van der Waals surface area contributed by atoms with Crippen LogP contribution in [0.3, 0.4) is 0 Å². The molecule has 15 heteroatoms. The van der Waals surface area contributed by atoms with Gasteiger partial charge in [0.05, 0.1) is 0 Å². The molecule has 21 aromatic carbocycles. The van der Waals surface area contributed by atoms with Crippen LogP contribution in [0.5, 0.6) is 0 Å². The second-order valence-electron chi connectivity index (χ2n) is 36.0. The van der Waals surface area contributed by atoms with E-state index in [1.54, 1.807) is 0 Å². The van der Waals surface area contributed by atoms with E-state index in [4.69, 9.17) is 62.5 Å². The largest absolute Gasteiger partial charge is 0.455 e. The van der Waals surface area contributed by atoms with E-state index in [-0.39, 0.29) is 0 Å². The summed E-state index contributed by atoms with van der Waals surface area (Å²) < 4.78 is 32.2. The maximum absolute atomic E-state index is 6.91. The molecule has 672 valence electrons. The molecule has 9 aromatic heterocycles. The number of hydrogen-bond donors (Lipinski definition) is 0. The maximum atomic E-state index is 6.91. The fourth-order valence-electron chi connectivity index (χ4n) is 20.5. The number of benzene rings is 21. The first kappa shape index (κ1) is 83.3. The highest BCUT2D eigenvalue weighted by Gasteiger charge is 2.29. The van der Waals surface area contributed by atoms with Gasteiger partial charge in [-0.1, -0.05) is 346 Å². The first-order chi connectivity index (χ1) is 71.3. The van der Waals surface area contributed by atoms with E-state index in [1.165, 1.54) is 40.3 Å². The van der Waals surface area contributed by atoms with Crippen molar-refractivity contribution in [3.8, 4) is 136 Å². The molecular weight excluding hydrogens is 1800 g/mol. The summed E-state index contributed by atoms with van der Waals surface area (Å²) in [5.41, 5.74) is 21.1. The van der Waals surface area contributed by atoms with Crippen molar-refractivity contribution in [1.29, 1.82) is 0 Å². The van der Waals surface area contributed by atoms with E-state index in [2.05, 4.69) is 255 Å². The van der Waals surface area contributed by atoms with E-state index in [0.717, 1.165) is 204 Å². The molecule has 0 atom stereocenters. The van der Waals surface area contributed by atoms with Crippen LogP contribution in [-0.4, -0.2) is 44.9 Å². The van der Waals surface area contributed by atoms with Gasteiger partial charge in [-0.05, 0) is 153 Å². The highest BCUT2D eigenvalue weighted by atomic mass is 32.1. The highest BCUT2D eigenvalue weighted by molar-refractivity contribution is 7.26. The number of fused-ring (bicyclic) bond motifs is 21. The van der Waals surface area contributed by atoms with Crippen LogP contribution in [0.15, 0.2) is 473 Å². The third-order valence-electron chi connectivity index (χ3n) is 27.4. The van der Waals surface area contributed by atoms with Crippen molar-refractivity contribution < 1.29 is 17.7 Å². The van der Waals surface area contributed by atoms with E-state index in [9.17, 15) is 0 Å². The van der Waals surface area contributed by atoms with Gasteiger partial charge in [-0.15, -0.1) is 22.7 Å². The molecule has 0 bridgehead atoms. The molecule has 30 rings (SSSR count). The lowest BCUT2D eigenvalue weighted by Gasteiger charge is -2.11. The Morgan fingerprint density at radius 2 is 0.424 bits per heavy atom. The second kappa shape index (κ2) is 34.6. The molecule has 0 saturated heterocycles. The monoisotopic (exact) mass is 1880 g/mol. The van der Waals surface area contributed by atoms with Crippen LogP contribution in [0.4, 0.5) is 0 Å². The molecule has 9 heterocycles. The molecule has 0 aliphatic heterocycles. The minimum absolute atomic E-state index is 0.581. The quantitative estimate of drug-likeness (QED) is 0.113. The topological polar surface area (TPSA) is 169 Å². The van der Waals surface area contributed by atoms with Gasteiger partial charge in [-0.3, -0.25) is 0 Å². The number of thiophene rings is 2. The summed E-state index contributed by atoms with van der Waals surface area (Å²) in [6.45, 7) is 0. The molecular formula is C129H75N9O4S2. The Morgan fingerprint density at radius 1 is 0.139 bits per heavy atom. The number of para-hydroxylation sites is 2. The van der Waals surface area contributed by atoms with Crippen LogP contribution in [0.1, 0.15) is 0 Å². The molecule has 0 N–H and O–H groups in total. The van der Waals surface area contributed by atoms with Gasteiger partial charge in [-0.25, -0.2) is 44.9 Å². The van der Waals surface area contributed by atoms with Crippen LogP contribution in [0.2, 0.25) is 0 Å². The van der Waals surface area contributed by atoms with Crippen LogP contribution in [0, 0.1) is 0 Å². The molecule has 144 heavy (non-hydrogen) atoms. The Kier molecular flexibility index (Phi) is 20.0. The van der Waals surface area contributed by atoms with Gasteiger partial charge in [0.15, 0.2) is 52.4 Å². The minimum atomic E-state index is 0.581. The van der Waals surface area contributed by atoms with Gasteiger partial charge in [0.2, 0.25) is 0 Å². The summed E-state index contributed by atoms with van der Waals surface area (Å²) >= 11 is 3.65. The van der Waals surface area contributed by atoms with E-state index < -0.39 is 0 Å². The van der Waals surface area contributed by atoms with E-state index in [0.29, 0.717) is 52.4 Å². The highest BCUT2D eigenvalue weighted by Crippen LogP contribution is 2.52. The first-order valence-corrected chi connectivity index (χ1v) is 49.5. The lowest BCUT2D eigenvalue weighted by Crippen LogP contribution is -2.00. The SMILES string of the molecule is c1ccc(-c2nc(-c3ccccc3)nc(-c3ccc(-c4ccc5sc6ccccc6c5c4)c4oc5cc6ccccc6cc5c34)n2)cc1.c1ccc(-c2nc(-c3ccccc3)nc(-c3ccc(-c4cccc5c4oc4ccccc45)c4oc5cc6ccccc6cc5c34)n2)cc1.c1ccc(-c2nc(-c3ccccc3)nc(-c3ccc(-c4cccc5sc6ccccc6c45)c4oc5cc6ccccc6cc5c34)n2)cc1. The lowest BCUT2D eigenvalue weighted by atomic mass is 9.94. The van der Waals surface area contributed by atoms with Crippen LogP contribution in [0.25, 0.3) is 296 Å². The molecule has 30 aromatic rings. The van der Waals surface area contributed by atoms with Crippen molar-refractivity contribution in [2.24, 2.45) is 0 Å². The number of rotatable bonds is 12. The molecule has 0 aliphatic carbocycles. The summed E-state index contributed by atoms with van der Waals surface area (Å²) in [5, 5.41) is 20.0. The van der Waals surface area contributed by atoms with E-state index in [1.807, 2.05) is 223 Å². The summed E-state index contributed by atoms with van der Waals surface area (Å²) in [6.07, 6.45) is 0. The standard InChI is InChI=1S/C43H25N3O2.2C43H25N3OS/c1-3-12-26(13-4-1)41-44-42(27-14-5-2-6-15-27)46-43(45-41)34-23-22-33(32-20-11-19-31-30-18-9-10-21-36(30)47-39(31)32)40-38(34)35-24-28-16-7-8-17-29(28)25-37(35)48-40;1-3-12-26(13-4-1)41-44-42(27-14-5-2-6-15-27)46-43(45-41)33-23-22-31(30-19-11-21-37-38(30)32-18-9-10-20-36(32)48-37)40-39(33)34-24-28-16-7-8-17-29(28)25-35(34)47-40;1-3-11-26(12-4-1)41-44-42(27-13-5-2-6-14-27)46-43(45-41)33-21-20-31(30-19-22-38-34(24-30)32-17-9-10-18-37(32)48-38)40-39(33)35-23-28-15-7-8-16-29(28)25-36(35)47-40/h3*1-25H. The fraction of sp³-hybridized carbons (Fsp3) is 0. The third-order valence-corrected chi connectivity index (χ3v) is 29.6. The predicted octanol–water partition coefficient (Wildman–Crippen LogP) is 35.4. The Balaban J connectivity index is 0.000000105. The van der Waals surface area contributed by atoms with Crippen molar-refractivity contribution in [3.05, 3.63) is 455 Å². The summed E-state index contributed by atoms with van der Waals surface area (Å²) in [6, 6.07) is 157. The molecule has 0 aliphatic rings. The second-order valence-corrected chi connectivity index (χ2v) is 38.1. The first-order valence-electron chi connectivity index (χ1n) is 47.8. The average Bonchev–Trinajstić information content (AvgIpc) is 1.57. The smallest absolute Gasteiger partial charge is 0.164 e. The molecule has 0 spiro atoms. The van der Waals surface area contributed by atoms with Crippen molar-refractivity contribution in [2.75, 3.05) is 0 Å². The zero-order chi connectivity index (χ0) is 94.8. The average molecular weight is 1880 g/mol. The zero-order valence-corrected chi connectivity index (χ0v) is 78.4. The van der Waals surface area contributed by atoms with E-state index >= 15 is 0 Å².